The van der Waals surface area contributed by atoms with Crippen molar-refractivity contribution in [1.29, 1.82) is 0 Å². The Bertz CT molecular complexity index is 530. The average molecular weight is 273 g/mol. The predicted molar refractivity (Wildman–Crippen MR) is 77.9 cm³/mol. The molecule has 0 heterocycles. The summed E-state index contributed by atoms with van der Waals surface area (Å²) in [4.78, 5) is 0. The minimum absolute atomic E-state index is 0.120. The number of ether oxygens (including phenoxy) is 2. The number of hydrogen-bond acceptors (Lipinski definition) is 4. The maximum atomic E-state index is 10.1. The van der Waals surface area contributed by atoms with Crippen LogP contribution in [0.5, 0.6) is 11.5 Å². The van der Waals surface area contributed by atoms with Gasteiger partial charge >= 0.3 is 0 Å². The second-order valence-corrected chi connectivity index (χ2v) is 4.40. The van der Waals surface area contributed by atoms with Gasteiger partial charge in [0.15, 0.2) is 17.6 Å². The van der Waals surface area contributed by atoms with Crippen molar-refractivity contribution in [3.8, 4) is 11.5 Å². The average Bonchev–Trinajstić information content (AvgIpc) is 2.53. The summed E-state index contributed by atoms with van der Waals surface area (Å²) in [5.74, 6) is 1.20. The van der Waals surface area contributed by atoms with Gasteiger partial charge < -0.3 is 20.3 Å². The summed E-state index contributed by atoms with van der Waals surface area (Å²) in [6, 6.07) is 16.9. The molecule has 2 rings (SSSR count). The van der Waals surface area contributed by atoms with Gasteiger partial charge in [-0.2, -0.15) is 0 Å². The zero-order valence-corrected chi connectivity index (χ0v) is 11.4. The molecule has 4 heteroatoms. The summed E-state index contributed by atoms with van der Waals surface area (Å²) in [7, 11) is 1.58. The molecule has 0 aliphatic heterocycles. The quantitative estimate of drug-likeness (QED) is 0.846. The standard InChI is InChI=1S/C16H19NO3/c1-19-14-9-5-6-10-15(14)20-16(13(18)11-17)12-7-3-2-4-8-12/h2-10,13,16,18H,11,17H2,1H3. The highest BCUT2D eigenvalue weighted by molar-refractivity contribution is 5.40. The number of methoxy groups -OCH3 is 1. The van der Waals surface area contributed by atoms with Crippen molar-refractivity contribution in [2.45, 2.75) is 12.2 Å². The lowest BCUT2D eigenvalue weighted by molar-refractivity contribution is 0.0397. The maximum absolute atomic E-state index is 10.1. The van der Waals surface area contributed by atoms with E-state index in [1.54, 1.807) is 13.2 Å². The second-order valence-electron chi connectivity index (χ2n) is 4.40. The van der Waals surface area contributed by atoms with E-state index in [0.717, 1.165) is 5.56 Å². The molecule has 0 amide bonds. The van der Waals surface area contributed by atoms with Gasteiger partial charge in [-0.15, -0.1) is 0 Å². The Balaban J connectivity index is 2.29. The highest BCUT2D eigenvalue weighted by Crippen LogP contribution is 2.32. The lowest BCUT2D eigenvalue weighted by Gasteiger charge is -2.24. The first-order chi connectivity index (χ1) is 9.76. The van der Waals surface area contributed by atoms with E-state index in [9.17, 15) is 5.11 Å². The normalized spacial score (nSPS) is 13.6. The summed E-state index contributed by atoms with van der Waals surface area (Å²) in [6.07, 6.45) is -1.32. The van der Waals surface area contributed by atoms with Crippen LogP contribution in [0.15, 0.2) is 54.6 Å². The highest BCUT2D eigenvalue weighted by Gasteiger charge is 2.23. The Kier molecular flexibility index (Phi) is 4.98. The third-order valence-corrected chi connectivity index (χ3v) is 3.04. The number of hydrogen-bond donors (Lipinski definition) is 2. The molecule has 2 aromatic rings. The summed E-state index contributed by atoms with van der Waals surface area (Å²) in [5.41, 5.74) is 6.44. The fourth-order valence-corrected chi connectivity index (χ4v) is 1.99. The molecule has 20 heavy (non-hydrogen) atoms. The third kappa shape index (κ3) is 3.29. The number of benzene rings is 2. The van der Waals surface area contributed by atoms with Crippen LogP contribution in [0.1, 0.15) is 11.7 Å². The smallest absolute Gasteiger partial charge is 0.162 e. The van der Waals surface area contributed by atoms with Crippen molar-refractivity contribution in [3.63, 3.8) is 0 Å². The van der Waals surface area contributed by atoms with Crippen molar-refractivity contribution < 1.29 is 14.6 Å². The van der Waals surface area contributed by atoms with E-state index in [2.05, 4.69) is 0 Å². The highest BCUT2D eigenvalue weighted by atomic mass is 16.5. The van der Waals surface area contributed by atoms with Crippen LogP contribution < -0.4 is 15.2 Å². The Morgan fingerprint density at radius 1 is 1.00 bits per heavy atom. The molecule has 106 valence electrons. The molecule has 0 aliphatic rings. The molecule has 0 aromatic heterocycles. The largest absolute Gasteiger partial charge is 0.493 e. The number of nitrogens with two attached hydrogens (primary N) is 1. The predicted octanol–water partition coefficient (Wildman–Crippen LogP) is 2.13. The van der Waals surface area contributed by atoms with Gasteiger partial charge in [0, 0.05) is 6.54 Å². The zero-order chi connectivity index (χ0) is 14.4. The van der Waals surface area contributed by atoms with Gasteiger partial charge in [-0.25, -0.2) is 0 Å². The minimum Gasteiger partial charge on any atom is -0.493 e. The van der Waals surface area contributed by atoms with Gasteiger partial charge in [0.2, 0.25) is 0 Å². The molecule has 0 fully saturated rings. The second kappa shape index (κ2) is 6.93. The molecule has 2 atom stereocenters. The van der Waals surface area contributed by atoms with E-state index in [1.165, 1.54) is 0 Å². The summed E-state index contributed by atoms with van der Waals surface area (Å²) in [5, 5.41) is 10.1. The van der Waals surface area contributed by atoms with Crippen molar-refractivity contribution in [1.82, 2.24) is 0 Å². The van der Waals surface area contributed by atoms with E-state index in [4.69, 9.17) is 15.2 Å². The topological polar surface area (TPSA) is 64.7 Å². The molecule has 4 nitrogen and oxygen atoms in total. The van der Waals surface area contributed by atoms with E-state index >= 15 is 0 Å². The van der Waals surface area contributed by atoms with Crippen LogP contribution >= 0.6 is 0 Å². The van der Waals surface area contributed by atoms with E-state index < -0.39 is 12.2 Å². The van der Waals surface area contributed by atoms with E-state index in [0.29, 0.717) is 11.5 Å². The Labute approximate surface area is 118 Å². The van der Waals surface area contributed by atoms with Crippen molar-refractivity contribution in [3.05, 3.63) is 60.2 Å². The molecule has 2 aromatic carbocycles. The van der Waals surface area contributed by atoms with Crippen LogP contribution in [0, 0.1) is 0 Å². The first-order valence-corrected chi connectivity index (χ1v) is 6.49. The fraction of sp³-hybridized carbons (Fsp3) is 0.250. The van der Waals surface area contributed by atoms with Gasteiger partial charge in [0.25, 0.3) is 0 Å². The van der Waals surface area contributed by atoms with E-state index in [1.807, 2.05) is 48.5 Å². The number of rotatable bonds is 6. The lowest BCUT2D eigenvalue weighted by atomic mass is 10.0. The number of aliphatic hydroxyl groups is 1. The maximum Gasteiger partial charge on any atom is 0.162 e. The first-order valence-electron chi connectivity index (χ1n) is 6.49. The van der Waals surface area contributed by atoms with Crippen LogP contribution in [0.2, 0.25) is 0 Å². The fourth-order valence-electron chi connectivity index (χ4n) is 1.99. The lowest BCUT2D eigenvalue weighted by Crippen LogP contribution is -2.31. The molecule has 0 saturated heterocycles. The molecule has 3 N–H and O–H groups in total. The monoisotopic (exact) mass is 273 g/mol. The molecule has 0 aliphatic carbocycles. The molecule has 0 bridgehead atoms. The van der Waals surface area contributed by atoms with Crippen LogP contribution in [0.25, 0.3) is 0 Å². The molecule has 2 unspecified atom stereocenters. The van der Waals surface area contributed by atoms with Crippen LogP contribution in [-0.2, 0) is 0 Å². The number of para-hydroxylation sites is 2. The molecular weight excluding hydrogens is 254 g/mol. The molecule has 0 saturated carbocycles. The summed E-state index contributed by atoms with van der Waals surface area (Å²) in [6.45, 7) is 0.120. The minimum atomic E-state index is -0.790. The van der Waals surface area contributed by atoms with Gasteiger partial charge in [-0.05, 0) is 17.7 Å². The van der Waals surface area contributed by atoms with Crippen molar-refractivity contribution in [2.24, 2.45) is 5.73 Å². The molecule has 0 radical (unpaired) electrons. The van der Waals surface area contributed by atoms with Crippen LogP contribution in [-0.4, -0.2) is 24.9 Å². The van der Waals surface area contributed by atoms with Gasteiger partial charge in [-0.1, -0.05) is 42.5 Å². The Morgan fingerprint density at radius 2 is 1.60 bits per heavy atom. The van der Waals surface area contributed by atoms with Crippen molar-refractivity contribution in [2.75, 3.05) is 13.7 Å². The zero-order valence-electron chi connectivity index (χ0n) is 11.4. The van der Waals surface area contributed by atoms with Crippen LogP contribution in [0.3, 0.4) is 0 Å². The van der Waals surface area contributed by atoms with E-state index in [-0.39, 0.29) is 6.54 Å². The van der Waals surface area contributed by atoms with Crippen LogP contribution in [0.4, 0.5) is 0 Å². The molecule has 0 spiro atoms. The molecular formula is C16H19NO3. The summed E-state index contributed by atoms with van der Waals surface area (Å²) < 4.78 is 11.2. The third-order valence-electron chi connectivity index (χ3n) is 3.04. The van der Waals surface area contributed by atoms with Crippen molar-refractivity contribution >= 4 is 0 Å². The Morgan fingerprint density at radius 3 is 2.20 bits per heavy atom. The SMILES string of the molecule is COc1ccccc1OC(c1ccccc1)C(O)CN. The van der Waals surface area contributed by atoms with Gasteiger partial charge in [0.1, 0.15) is 6.10 Å². The summed E-state index contributed by atoms with van der Waals surface area (Å²) >= 11 is 0. The van der Waals surface area contributed by atoms with Gasteiger partial charge in [0.05, 0.1) is 7.11 Å². The first kappa shape index (κ1) is 14.4. The Hall–Kier alpha value is -2.04. The number of aliphatic hydroxyl groups excluding tert-OH is 1. The van der Waals surface area contributed by atoms with Gasteiger partial charge in [-0.3, -0.25) is 0 Å².